The van der Waals surface area contributed by atoms with Gasteiger partial charge in [-0.05, 0) is 30.3 Å². The zero-order valence-corrected chi connectivity index (χ0v) is 12.9. The summed E-state index contributed by atoms with van der Waals surface area (Å²) in [6, 6.07) is 9.26. The van der Waals surface area contributed by atoms with E-state index in [9.17, 15) is 4.79 Å². The molecule has 0 saturated heterocycles. The molecule has 0 aromatic carbocycles. The Kier molecular flexibility index (Phi) is 5.03. The summed E-state index contributed by atoms with van der Waals surface area (Å²) < 4.78 is 7.01. The third kappa shape index (κ3) is 4.33. The number of amides is 1. The SMILES string of the molecule is O=C(/C=C/c1ccco1)NCCNc1cc(-n2cccc2)ncn1. The first-order chi connectivity index (χ1) is 11.8. The minimum atomic E-state index is -0.177. The zero-order chi connectivity index (χ0) is 16.6. The second kappa shape index (κ2) is 7.77. The van der Waals surface area contributed by atoms with E-state index in [4.69, 9.17) is 4.42 Å². The monoisotopic (exact) mass is 323 g/mol. The predicted molar refractivity (Wildman–Crippen MR) is 90.6 cm³/mol. The molecule has 7 nitrogen and oxygen atoms in total. The number of aromatic nitrogens is 3. The van der Waals surface area contributed by atoms with Crippen molar-refractivity contribution in [3.8, 4) is 5.82 Å². The fraction of sp³-hybridized carbons (Fsp3) is 0.118. The van der Waals surface area contributed by atoms with Crippen LogP contribution >= 0.6 is 0 Å². The van der Waals surface area contributed by atoms with E-state index in [2.05, 4.69) is 20.6 Å². The van der Waals surface area contributed by atoms with Gasteiger partial charge in [0.05, 0.1) is 6.26 Å². The molecule has 0 unspecified atom stereocenters. The van der Waals surface area contributed by atoms with Crippen molar-refractivity contribution in [1.82, 2.24) is 19.9 Å². The number of hydrogen-bond acceptors (Lipinski definition) is 5. The zero-order valence-electron chi connectivity index (χ0n) is 12.9. The second-order valence-electron chi connectivity index (χ2n) is 4.92. The van der Waals surface area contributed by atoms with E-state index in [-0.39, 0.29) is 5.91 Å². The quantitative estimate of drug-likeness (QED) is 0.514. The van der Waals surface area contributed by atoms with Gasteiger partial charge in [-0.15, -0.1) is 0 Å². The molecule has 3 aromatic heterocycles. The molecule has 1 amide bonds. The molecule has 7 heteroatoms. The van der Waals surface area contributed by atoms with Gasteiger partial charge in [-0.1, -0.05) is 0 Å². The molecule has 3 aromatic rings. The first-order valence-corrected chi connectivity index (χ1v) is 7.50. The first kappa shape index (κ1) is 15.5. The number of carbonyl (C=O) groups is 1. The lowest BCUT2D eigenvalue weighted by molar-refractivity contribution is -0.116. The molecule has 2 N–H and O–H groups in total. The van der Waals surface area contributed by atoms with Crippen molar-refractivity contribution in [3.05, 3.63) is 67.2 Å². The van der Waals surface area contributed by atoms with E-state index in [0.717, 1.165) is 5.82 Å². The maximum absolute atomic E-state index is 11.7. The third-order valence-corrected chi connectivity index (χ3v) is 3.19. The molecule has 0 radical (unpaired) electrons. The standard InChI is InChI=1S/C17H17N5O2/c23-17(6-5-14-4-3-11-24-14)19-8-7-18-15-12-16(21-13-20-15)22-9-1-2-10-22/h1-6,9-13H,7-8H2,(H,19,23)(H,18,20,21)/b6-5+. The fourth-order valence-corrected chi connectivity index (χ4v) is 2.05. The number of nitrogens with one attached hydrogen (secondary N) is 2. The van der Waals surface area contributed by atoms with Crippen LogP contribution < -0.4 is 10.6 Å². The summed E-state index contributed by atoms with van der Waals surface area (Å²) in [6.45, 7) is 1.03. The van der Waals surface area contributed by atoms with Crippen LogP contribution in [0.2, 0.25) is 0 Å². The molecule has 0 bridgehead atoms. The van der Waals surface area contributed by atoms with Gasteiger partial charge in [0, 0.05) is 37.6 Å². The molecule has 0 spiro atoms. The average Bonchev–Trinajstić information content (AvgIpc) is 3.31. The van der Waals surface area contributed by atoms with Crippen LogP contribution in [0.3, 0.4) is 0 Å². The van der Waals surface area contributed by atoms with Crippen molar-refractivity contribution in [2.24, 2.45) is 0 Å². The molecule has 0 saturated carbocycles. The van der Waals surface area contributed by atoms with Crippen molar-refractivity contribution in [2.75, 3.05) is 18.4 Å². The number of anilines is 1. The lowest BCUT2D eigenvalue weighted by Crippen LogP contribution is -2.27. The highest BCUT2D eigenvalue weighted by molar-refractivity contribution is 5.91. The Hall–Kier alpha value is -3.35. The molecule has 0 fully saturated rings. The highest BCUT2D eigenvalue weighted by Gasteiger charge is 2.00. The van der Waals surface area contributed by atoms with Crippen LogP contribution in [0, 0.1) is 0 Å². The smallest absolute Gasteiger partial charge is 0.244 e. The Labute approximate surface area is 139 Å². The summed E-state index contributed by atoms with van der Waals surface area (Å²) in [6.07, 6.45) is 9.95. The summed E-state index contributed by atoms with van der Waals surface area (Å²) in [4.78, 5) is 20.0. The van der Waals surface area contributed by atoms with Crippen LogP contribution in [0.4, 0.5) is 5.82 Å². The van der Waals surface area contributed by atoms with Gasteiger partial charge in [0.25, 0.3) is 0 Å². The van der Waals surface area contributed by atoms with Gasteiger partial charge < -0.3 is 19.6 Å². The normalized spacial score (nSPS) is 10.8. The maximum Gasteiger partial charge on any atom is 0.244 e. The highest BCUT2D eigenvalue weighted by atomic mass is 16.3. The van der Waals surface area contributed by atoms with Crippen LogP contribution in [0.25, 0.3) is 11.9 Å². The number of nitrogens with zero attached hydrogens (tertiary/aromatic N) is 3. The minimum absolute atomic E-state index is 0.177. The average molecular weight is 323 g/mol. The molecule has 3 heterocycles. The molecule has 0 aliphatic heterocycles. The van der Waals surface area contributed by atoms with Crippen LogP contribution in [-0.4, -0.2) is 33.5 Å². The third-order valence-electron chi connectivity index (χ3n) is 3.19. The van der Waals surface area contributed by atoms with Crippen LogP contribution in [0.15, 0.2) is 65.8 Å². The number of rotatable bonds is 7. The van der Waals surface area contributed by atoms with Crippen LogP contribution in [0.5, 0.6) is 0 Å². The minimum Gasteiger partial charge on any atom is -0.465 e. The Morgan fingerprint density at radius 2 is 2.08 bits per heavy atom. The lowest BCUT2D eigenvalue weighted by Gasteiger charge is -2.07. The molecule has 24 heavy (non-hydrogen) atoms. The molecule has 0 atom stereocenters. The summed E-state index contributed by atoms with van der Waals surface area (Å²) in [5.41, 5.74) is 0. The van der Waals surface area contributed by atoms with Gasteiger partial charge in [-0.3, -0.25) is 4.79 Å². The molecule has 0 aliphatic carbocycles. The predicted octanol–water partition coefficient (Wildman–Crippen LogP) is 2.10. The van der Waals surface area contributed by atoms with Gasteiger partial charge in [0.2, 0.25) is 5.91 Å². The lowest BCUT2D eigenvalue weighted by atomic mass is 10.4. The van der Waals surface area contributed by atoms with Gasteiger partial charge in [0.15, 0.2) is 0 Å². The van der Waals surface area contributed by atoms with E-state index in [1.54, 1.807) is 24.5 Å². The summed E-state index contributed by atoms with van der Waals surface area (Å²) >= 11 is 0. The van der Waals surface area contributed by atoms with E-state index >= 15 is 0 Å². The number of hydrogen-bond donors (Lipinski definition) is 2. The topological polar surface area (TPSA) is 85.0 Å². The largest absolute Gasteiger partial charge is 0.465 e. The summed E-state index contributed by atoms with van der Waals surface area (Å²) in [7, 11) is 0. The second-order valence-corrected chi connectivity index (χ2v) is 4.92. The van der Waals surface area contributed by atoms with Gasteiger partial charge in [0.1, 0.15) is 23.7 Å². The van der Waals surface area contributed by atoms with Crippen molar-refractivity contribution >= 4 is 17.8 Å². The fourth-order valence-electron chi connectivity index (χ4n) is 2.05. The van der Waals surface area contributed by atoms with Gasteiger partial charge in [-0.25, -0.2) is 9.97 Å². The van der Waals surface area contributed by atoms with Crippen molar-refractivity contribution < 1.29 is 9.21 Å². The van der Waals surface area contributed by atoms with E-state index in [1.807, 2.05) is 35.2 Å². The van der Waals surface area contributed by atoms with Crippen LogP contribution in [-0.2, 0) is 4.79 Å². The Morgan fingerprint density at radius 1 is 1.21 bits per heavy atom. The summed E-state index contributed by atoms with van der Waals surface area (Å²) in [5, 5.41) is 5.93. The molecular formula is C17H17N5O2. The number of furan rings is 1. The van der Waals surface area contributed by atoms with Gasteiger partial charge >= 0.3 is 0 Å². The Morgan fingerprint density at radius 3 is 2.88 bits per heavy atom. The molecule has 3 rings (SSSR count). The van der Waals surface area contributed by atoms with Gasteiger partial charge in [-0.2, -0.15) is 0 Å². The maximum atomic E-state index is 11.7. The highest BCUT2D eigenvalue weighted by Crippen LogP contribution is 2.08. The summed E-state index contributed by atoms with van der Waals surface area (Å²) in [5.74, 6) is 1.95. The van der Waals surface area contributed by atoms with Crippen molar-refractivity contribution in [1.29, 1.82) is 0 Å². The Bertz CT molecular complexity index is 794. The van der Waals surface area contributed by atoms with E-state index < -0.39 is 0 Å². The Balaban J connectivity index is 1.43. The van der Waals surface area contributed by atoms with E-state index in [1.165, 1.54) is 12.4 Å². The van der Waals surface area contributed by atoms with Crippen LogP contribution in [0.1, 0.15) is 5.76 Å². The molecule has 122 valence electrons. The van der Waals surface area contributed by atoms with Crippen molar-refractivity contribution in [3.63, 3.8) is 0 Å². The molecule has 0 aliphatic rings. The number of carbonyl (C=O) groups excluding carboxylic acids is 1. The first-order valence-electron chi connectivity index (χ1n) is 7.50. The van der Waals surface area contributed by atoms with E-state index in [0.29, 0.717) is 24.7 Å². The molecular weight excluding hydrogens is 306 g/mol. The van der Waals surface area contributed by atoms with Crippen molar-refractivity contribution in [2.45, 2.75) is 0 Å².